The second kappa shape index (κ2) is 7.27. The first kappa shape index (κ1) is 15.5. The average molecular weight is 312 g/mol. The first-order chi connectivity index (χ1) is 11.2. The smallest absolute Gasteiger partial charge is 0.317 e. The molecule has 1 N–H and O–H groups in total. The number of likely N-dealkylation sites (tertiary alicyclic amines) is 1. The Morgan fingerprint density at radius 1 is 1.13 bits per heavy atom. The zero-order valence-electron chi connectivity index (χ0n) is 13.0. The van der Waals surface area contributed by atoms with Gasteiger partial charge in [-0.25, -0.2) is 9.18 Å². The number of halogens is 1. The lowest BCUT2D eigenvalue weighted by Gasteiger charge is -2.25. The van der Waals surface area contributed by atoms with Gasteiger partial charge in [-0.1, -0.05) is 42.5 Å². The molecule has 4 heteroatoms. The third kappa shape index (κ3) is 3.89. The largest absolute Gasteiger partial charge is 0.338 e. The van der Waals surface area contributed by atoms with Gasteiger partial charge in [-0.05, 0) is 42.5 Å². The third-order valence-electron chi connectivity index (χ3n) is 4.30. The molecule has 23 heavy (non-hydrogen) atoms. The molecule has 2 aromatic carbocycles. The highest BCUT2D eigenvalue weighted by Gasteiger charge is 2.29. The lowest BCUT2D eigenvalue weighted by molar-refractivity contribution is 0.193. The Hall–Kier alpha value is -2.36. The number of hydrogen-bond donors (Lipinski definition) is 1. The molecule has 3 nitrogen and oxygen atoms in total. The van der Waals surface area contributed by atoms with Crippen molar-refractivity contribution in [2.75, 3.05) is 13.1 Å². The quantitative estimate of drug-likeness (QED) is 0.912. The highest BCUT2D eigenvalue weighted by Crippen LogP contribution is 2.31. The number of amides is 2. The average Bonchev–Trinajstić information content (AvgIpc) is 3.06. The summed E-state index contributed by atoms with van der Waals surface area (Å²) in [7, 11) is 0. The van der Waals surface area contributed by atoms with E-state index in [4.69, 9.17) is 0 Å². The summed E-state index contributed by atoms with van der Waals surface area (Å²) in [5.41, 5.74) is 2.21. The summed E-state index contributed by atoms with van der Waals surface area (Å²) in [6.45, 7) is 1.37. The van der Waals surface area contributed by atoms with E-state index in [0.29, 0.717) is 6.54 Å². The number of carbonyl (C=O) groups is 1. The SMILES string of the molecule is O=C(NCCc1ccccc1)N1CCCC1c1ccc(F)cc1. The zero-order valence-corrected chi connectivity index (χ0v) is 13.0. The number of nitrogens with one attached hydrogen (secondary N) is 1. The van der Waals surface area contributed by atoms with Crippen molar-refractivity contribution in [2.45, 2.75) is 25.3 Å². The van der Waals surface area contributed by atoms with Gasteiger partial charge in [-0.2, -0.15) is 0 Å². The molecule has 1 atom stereocenters. The molecule has 2 aromatic rings. The van der Waals surface area contributed by atoms with Gasteiger partial charge in [0, 0.05) is 13.1 Å². The maximum Gasteiger partial charge on any atom is 0.317 e. The third-order valence-corrected chi connectivity index (χ3v) is 4.30. The molecule has 0 bridgehead atoms. The number of rotatable bonds is 4. The Morgan fingerprint density at radius 2 is 1.87 bits per heavy atom. The highest BCUT2D eigenvalue weighted by atomic mass is 19.1. The van der Waals surface area contributed by atoms with Crippen LogP contribution in [-0.2, 0) is 6.42 Å². The molecule has 0 radical (unpaired) electrons. The fourth-order valence-corrected chi connectivity index (χ4v) is 3.10. The van der Waals surface area contributed by atoms with E-state index in [1.165, 1.54) is 17.7 Å². The Labute approximate surface area is 136 Å². The first-order valence-electron chi connectivity index (χ1n) is 8.08. The molecular formula is C19H21FN2O. The Bertz CT molecular complexity index is 642. The molecule has 3 rings (SSSR count). The summed E-state index contributed by atoms with van der Waals surface area (Å²) in [5.74, 6) is -0.245. The molecule has 1 heterocycles. The van der Waals surface area contributed by atoms with Gasteiger partial charge in [-0.15, -0.1) is 0 Å². The molecule has 1 saturated heterocycles. The molecular weight excluding hydrogens is 291 g/mol. The maximum atomic E-state index is 13.1. The molecule has 1 aliphatic heterocycles. The van der Waals surface area contributed by atoms with Crippen molar-refractivity contribution >= 4 is 6.03 Å². The number of nitrogens with zero attached hydrogens (tertiary/aromatic N) is 1. The van der Waals surface area contributed by atoms with Gasteiger partial charge in [0.05, 0.1) is 6.04 Å². The van der Waals surface area contributed by atoms with Crippen molar-refractivity contribution in [1.82, 2.24) is 10.2 Å². The van der Waals surface area contributed by atoms with Crippen LogP contribution in [-0.4, -0.2) is 24.0 Å². The van der Waals surface area contributed by atoms with Crippen LogP contribution in [0.1, 0.15) is 30.0 Å². The monoisotopic (exact) mass is 312 g/mol. The lowest BCUT2D eigenvalue weighted by Crippen LogP contribution is -2.40. The fourth-order valence-electron chi connectivity index (χ4n) is 3.10. The van der Waals surface area contributed by atoms with Crippen molar-refractivity contribution in [3.05, 3.63) is 71.5 Å². The normalized spacial score (nSPS) is 17.3. The number of urea groups is 1. The van der Waals surface area contributed by atoms with Crippen LogP contribution >= 0.6 is 0 Å². The minimum atomic E-state index is -0.245. The van der Waals surface area contributed by atoms with E-state index in [9.17, 15) is 9.18 Å². The van der Waals surface area contributed by atoms with E-state index < -0.39 is 0 Å². The minimum absolute atomic E-state index is 0.0345. The Balaban J connectivity index is 1.56. The molecule has 0 spiro atoms. The number of hydrogen-bond acceptors (Lipinski definition) is 1. The van der Waals surface area contributed by atoms with Gasteiger partial charge in [0.25, 0.3) is 0 Å². The highest BCUT2D eigenvalue weighted by molar-refractivity contribution is 5.75. The van der Waals surface area contributed by atoms with E-state index in [-0.39, 0.29) is 17.9 Å². The summed E-state index contributed by atoms with van der Waals surface area (Å²) in [6, 6.07) is 16.6. The summed E-state index contributed by atoms with van der Waals surface area (Å²) >= 11 is 0. The van der Waals surface area contributed by atoms with Gasteiger partial charge in [0.15, 0.2) is 0 Å². The van der Waals surface area contributed by atoms with E-state index in [2.05, 4.69) is 17.4 Å². The van der Waals surface area contributed by atoms with Crippen molar-refractivity contribution in [3.63, 3.8) is 0 Å². The van der Waals surface area contributed by atoms with Gasteiger partial charge in [0.2, 0.25) is 0 Å². The van der Waals surface area contributed by atoms with Crippen molar-refractivity contribution < 1.29 is 9.18 Å². The standard InChI is InChI=1S/C19H21FN2O/c20-17-10-8-16(9-11-17)18-7-4-14-22(18)19(23)21-13-12-15-5-2-1-3-6-15/h1-3,5-6,8-11,18H,4,7,12-14H2,(H,21,23). The Morgan fingerprint density at radius 3 is 2.61 bits per heavy atom. The lowest BCUT2D eigenvalue weighted by atomic mass is 10.0. The van der Waals surface area contributed by atoms with Gasteiger partial charge >= 0.3 is 6.03 Å². The molecule has 0 aromatic heterocycles. The van der Waals surface area contributed by atoms with Crippen LogP contribution in [0.15, 0.2) is 54.6 Å². The van der Waals surface area contributed by atoms with Crippen LogP contribution in [0.2, 0.25) is 0 Å². The van der Waals surface area contributed by atoms with Crippen LogP contribution in [0, 0.1) is 5.82 Å². The van der Waals surface area contributed by atoms with Crippen molar-refractivity contribution in [3.8, 4) is 0 Å². The predicted molar refractivity (Wildman–Crippen MR) is 88.6 cm³/mol. The van der Waals surface area contributed by atoms with Crippen LogP contribution in [0.5, 0.6) is 0 Å². The van der Waals surface area contributed by atoms with E-state index in [1.54, 1.807) is 12.1 Å². The summed E-state index contributed by atoms with van der Waals surface area (Å²) in [5, 5.41) is 3.00. The summed E-state index contributed by atoms with van der Waals surface area (Å²) < 4.78 is 13.1. The topological polar surface area (TPSA) is 32.3 Å². The van der Waals surface area contributed by atoms with Crippen molar-refractivity contribution in [1.29, 1.82) is 0 Å². The number of benzene rings is 2. The molecule has 1 fully saturated rings. The van der Waals surface area contributed by atoms with Gasteiger partial charge < -0.3 is 10.2 Å². The van der Waals surface area contributed by atoms with Crippen molar-refractivity contribution in [2.24, 2.45) is 0 Å². The van der Waals surface area contributed by atoms with Crippen LogP contribution in [0.3, 0.4) is 0 Å². The summed E-state index contributed by atoms with van der Waals surface area (Å²) in [6.07, 6.45) is 2.73. The summed E-state index contributed by atoms with van der Waals surface area (Å²) in [4.78, 5) is 14.3. The molecule has 1 aliphatic rings. The second-order valence-corrected chi connectivity index (χ2v) is 5.87. The molecule has 0 saturated carbocycles. The number of carbonyl (C=O) groups excluding carboxylic acids is 1. The van der Waals surface area contributed by atoms with E-state index in [1.807, 2.05) is 23.1 Å². The molecule has 2 amide bonds. The fraction of sp³-hybridized carbons (Fsp3) is 0.316. The molecule has 1 unspecified atom stereocenters. The second-order valence-electron chi connectivity index (χ2n) is 5.87. The van der Waals surface area contributed by atoms with E-state index >= 15 is 0 Å². The van der Waals surface area contributed by atoms with Crippen LogP contribution in [0.25, 0.3) is 0 Å². The maximum absolute atomic E-state index is 13.1. The van der Waals surface area contributed by atoms with Crippen LogP contribution in [0.4, 0.5) is 9.18 Å². The molecule has 0 aliphatic carbocycles. The predicted octanol–water partition coefficient (Wildman–Crippen LogP) is 3.91. The van der Waals surface area contributed by atoms with Crippen LogP contribution < -0.4 is 5.32 Å². The Kier molecular flexibility index (Phi) is 4.91. The first-order valence-corrected chi connectivity index (χ1v) is 8.08. The van der Waals surface area contributed by atoms with E-state index in [0.717, 1.165) is 31.4 Å². The van der Waals surface area contributed by atoms with Gasteiger partial charge in [0.1, 0.15) is 5.82 Å². The molecule has 120 valence electrons. The van der Waals surface area contributed by atoms with Gasteiger partial charge in [-0.3, -0.25) is 0 Å². The minimum Gasteiger partial charge on any atom is -0.338 e. The zero-order chi connectivity index (χ0) is 16.1.